The molecule has 1 aromatic carbocycles. The van der Waals surface area contributed by atoms with Crippen molar-refractivity contribution >= 4 is 17.5 Å². The van der Waals surface area contributed by atoms with Gasteiger partial charge in [0.1, 0.15) is 5.60 Å². The summed E-state index contributed by atoms with van der Waals surface area (Å²) in [5.41, 5.74) is 7.25. The molecular formula is C17H27N3O2. The Morgan fingerprint density at radius 1 is 1.23 bits per heavy atom. The van der Waals surface area contributed by atoms with Gasteiger partial charge in [0.2, 0.25) is 0 Å². The molecule has 2 rings (SSSR count). The van der Waals surface area contributed by atoms with Crippen molar-refractivity contribution in [2.24, 2.45) is 0 Å². The lowest BCUT2D eigenvalue weighted by molar-refractivity contribution is 0.0201. The van der Waals surface area contributed by atoms with E-state index in [1.165, 1.54) is 5.69 Å². The normalized spacial score (nSPS) is 16.5. The summed E-state index contributed by atoms with van der Waals surface area (Å²) >= 11 is 0. The molecule has 0 spiro atoms. The first kappa shape index (κ1) is 16.5. The molecule has 1 heterocycles. The highest BCUT2D eigenvalue weighted by Gasteiger charge is 2.28. The van der Waals surface area contributed by atoms with Gasteiger partial charge in [-0.1, -0.05) is 0 Å². The van der Waals surface area contributed by atoms with Crippen LogP contribution >= 0.6 is 0 Å². The number of carbonyl (C=O) groups is 1. The fraction of sp³-hybridized carbons (Fsp3) is 0.588. The van der Waals surface area contributed by atoms with Crippen molar-refractivity contribution in [3.63, 3.8) is 0 Å². The number of rotatable bonds is 2. The van der Waals surface area contributed by atoms with Gasteiger partial charge in [-0.25, -0.2) is 4.79 Å². The smallest absolute Gasteiger partial charge is 0.410 e. The van der Waals surface area contributed by atoms with E-state index in [9.17, 15) is 4.79 Å². The van der Waals surface area contributed by atoms with Gasteiger partial charge in [-0.15, -0.1) is 0 Å². The molecule has 1 aliphatic heterocycles. The van der Waals surface area contributed by atoms with E-state index in [4.69, 9.17) is 10.5 Å². The molecule has 122 valence electrons. The third-order valence-corrected chi connectivity index (χ3v) is 3.95. The summed E-state index contributed by atoms with van der Waals surface area (Å²) in [7, 11) is 1.83. The summed E-state index contributed by atoms with van der Waals surface area (Å²) < 4.78 is 5.44. The highest BCUT2D eigenvalue weighted by Crippen LogP contribution is 2.23. The minimum Gasteiger partial charge on any atom is -0.444 e. The molecule has 2 N–H and O–H groups in total. The minimum absolute atomic E-state index is 0.236. The Morgan fingerprint density at radius 3 is 2.27 bits per heavy atom. The highest BCUT2D eigenvalue weighted by atomic mass is 16.6. The summed E-state index contributed by atoms with van der Waals surface area (Å²) in [6, 6.07) is 8.18. The number of benzene rings is 1. The van der Waals surface area contributed by atoms with Crippen LogP contribution in [0, 0.1) is 0 Å². The number of piperidine rings is 1. The lowest BCUT2D eigenvalue weighted by atomic mass is 10.0. The number of nitrogens with zero attached hydrogens (tertiary/aromatic N) is 2. The third-order valence-electron chi connectivity index (χ3n) is 3.95. The number of nitrogens with two attached hydrogens (primary N) is 1. The fourth-order valence-electron chi connectivity index (χ4n) is 2.68. The number of ether oxygens (including phenoxy) is 1. The van der Waals surface area contributed by atoms with Crippen LogP contribution in [0.1, 0.15) is 33.6 Å². The van der Waals surface area contributed by atoms with Gasteiger partial charge in [0.15, 0.2) is 0 Å². The second-order valence-corrected chi connectivity index (χ2v) is 6.90. The molecule has 5 heteroatoms. The van der Waals surface area contributed by atoms with Crippen molar-refractivity contribution in [2.45, 2.75) is 45.3 Å². The number of hydrogen-bond acceptors (Lipinski definition) is 4. The van der Waals surface area contributed by atoms with E-state index in [0.29, 0.717) is 0 Å². The molecule has 1 aromatic rings. The van der Waals surface area contributed by atoms with E-state index >= 15 is 0 Å². The Hall–Kier alpha value is -1.91. The Kier molecular flexibility index (Phi) is 4.84. The van der Waals surface area contributed by atoms with Gasteiger partial charge < -0.3 is 20.3 Å². The summed E-state index contributed by atoms with van der Waals surface area (Å²) in [5.74, 6) is 0. The van der Waals surface area contributed by atoms with Crippen molar-refractivity contribution in [3.05, 3.63) is 24.3 Å². The Balaban J connectivity index is 1.88. The van der Waals surface area contributed by atoms with Gasteiger partial charge in [0.05, 0.1) is 0 Å². The van der Waals surface area contributed by atoms with E-state index in [2.05, 4.69) is 4.90 Å². The van der Waals surface area contributed by atoms with Crippen LogP contribution < -0.4 is 10.6 Å². The van der Waals surface area contributed by atoms with Crippen LogP contribution in [-0.4, -0.2) is 42.8 Å². The largest absolute Gasteiger partial charge is 0.444 e. The number of anilines is 2. The van der Waals surface area contributed by atoms with Crippen LogP contribution in [0.3, 0.4) is 0 Å². The first-order valence-electron chi connectivity index (χ1n) is 7.82. The molecule has 1 fully saturated rings. The summed E-state index contributed by atoms with van der Waals surface area (Å²) in [5, 5.41) is 0. The molecular weight excluding hydrogens is 278 g/mol. The van der Waals surface area contributed by atoms with E-state index < -0.39 is 5.60 Å². The SMILES string of the molecule is CN(C(=O)OC(C)(C)C)C1CCN(c2ccc(N)cc2)CC1. The molecule has 0 unspecified atom stereocenters. The summed E-state index contributed by atoms with van der Waals surface area (Å²) in [4.78, 5) is 16.2. The molecule has 0 atom stereocenters. The fourth-order valence-corrected chi connectivity index (χ4v) is 2.68. The third kappa shape index (κ3) is 4.29. The zero-order chi connectivity index (χ0) is 16.3. The maximum atomic E-state index is 12.1. The Bertz CT molecular complexity index is 500. The number of nitrogen functional groups attached to an aromatic ring is 1. The second-order valence-electron chi connectivity index (χ2n) is 6.90. The van der Waals surface area contributed by atoms with Gasteiger partial charge in [0, 0.05) is 37.6 Å². The molecule has 22 heavy (non-hydrogen) atoms. The van der Waals surface area contributed by atoms with Gasteiger partial charge in [-0.3, -0.25) is 0 Å². The predicted octanol–water partition coefficient (Wildman–Crippen LogP) is 3.10. The topological polar surface area (TPSA) is 58.8 Å². The van der Waals surface area contributed by atoms with Gasteiger partial charge in [-0.2, -0.15) is 0 Å². The lowest BCUT2D eigenvalue weighted by Crippen LogP contribution is -2.47. The van der Waals surface area contributed by atoms with Gasteiger partial charge >= 0.3 is 6.09 Å². The van der Waals surface area contributed by atoms with Crippen molar-refractivity contribution < 1.29 is 9.53 Å². The van der Waals surface area contributed by atoms with Crippen LogP contribution in [0.25, 0.3) is 0 Å². The lowest BCUT2D eigenvalue weighted by Gasteiger charge is -2.38. The molecule has 0 bridgehead atoms. The average Bonchev–Trinajstić information content (AvgIpc) is 2.46. The summed E-state index contributed by atoms with van der Waals surface area (Å²) in [6.45, 7) is 7.54. The molecule has 0 aromatic heterocycles. The molecule has 0 radical (unpaired) electrons. The van der Waals surface area contributed by atoms with E-state index in [1.807, 2.05) is 52.1 Å². The summed E-state index contributed by atoms with van der Waals surface area (Å²) in [6.07, 6.45) is 1.65. The quantitative estimate of drug-likeness (QED) is 0.853. The van der Waals surface area contributed by atoms with Crippen LogP contribution in [0.15, 0.2) is 24.3 Å². The number of hydrogen-bond donors (Lipinski definition) is 1. The average molecular weight is 305 g/mol. The predicted molar refractivity (Wildman–Crippen MR) is 90.1 cm³/mol. The van der Waals surface area contributed by atoms with Crippen molar-refractivity contribution in [1.29, 1.82) is 0 Å². The number of amides is 1. The molecule has 5 nitrogen and oxygen atoms in total. The van der Waals surface area contributed by atoms with Crippen molar-refractivity contribution in [3.8, 4) is 0 Å². The van der Waals surface area contributed by atoms with Crippen LogP contribution in [0.5, 0.6) is 0 Å². The maximum Gasteiger partial charge on any atom is 0.410 e. The monoisotopic (exact) mass is 305 g/mol. The van der Waals surface area contributed by atoms with Crippen molar-refractivity contribution in [2.75, 3.05) is 30.8 Å². The molecule has 0 saturated carbocycles. The van der Waals surface area contributed by atoms with Crippen LogP contribution in [0.4, 0.5) is 16.2 Å². The second kappa shape index (κ2) is 6.46. The first-order valence-corrected chi connectivity index (χ1v) is 7.82. The van der Waals surface area contributed by atoms with Crippen molar-refractivity contribution in [1.82, 2.24) is 4.90 Å². The van der Waals surface area contributed by atoms with E-state index in [1.54, 1.807) is 4.90 Å². The van der Waals surface area contributed by atoms with Gasteiger partial charge in [-0.05, 0) is 57.9 Å². The van der Waals surface area contributed by atoms with Crippen LogP contribution in [-0.2, 0) is 4.74 Å². The Labute approximate surface area is 133 Å². The maximum absolute atomic E-state index is 12.1. The Morgan fingerprint density at radius 2 is 1.77 bits per heavy atom. The molecule has 0 aliphatic carbocycles. The number of carbonyl (C=O) groups excluding carboxylic acids is 1. The molecule has 1 aliphatic rings. The highest BCUT2D eigenvalue weighted by molar-refractivity contribution is 5.68. The van der Waals surface area contributed by atoms with Gasteiger partial charge in [0.25, 0.3) is 0 Å². The minimum atomic E-state index is -0.448. The zero-order valence-corrected chi connectivity index (χ0v) is 14.0. The first-order chi connectivity index (χ1) is 10.3. The standard InChI is InChI=1S/C17H27N3O2/c1-17(2,3)22-16(21)19(4)14-9-11-20(12-10-14)15-7-5-13(18)6-8-15/h5-8,14H,9-12,18H2,1-4H3. The van der Waals surface area contributed by atoms with Crippen LogP contribution in [0.2, 0.25) is 0 Å². The van der Waals surface area contributed by atoms with E-state index in [-0.39, 0.29) is 12.1 Å². The molecule has 1 amide bonds. The zero-order valence-electron chi connectivity index (χ0n) is 14.0. The molecule has 1 saturated heterocycles. The van der Waals surface area contributed by atoms with E-state index in [0.717, 1.165) is 31.6 Å².